The molecule has 0 saturated carbocycles. The van der Waals surface area contributed by atoms with Crippen LogP contribution in [0.25, 0.3) is 0 Å². The number of nitrogens with two attached hydrogens (primary N) is 1. The summed E-state index contributed by atoms with van der Waals surface area (Å²) in [5.74, 6) is 0.493. The third-order valence-corrected chi connectivity index (χ3v) is 5.78. The largest absolute Gasteiger partial charge is 0.322 e. The van der Waals surface area contributed by atoms with Crippen LogP contribution in [-0.2, 0) is 10.8 Å². The molecule has 1 heteroatoms. The zero-order chi connectivity index (χ0) is 20.1. The molecule has 2 N–H and O–H groups in total. The summed E-state index contributed by atoms with van der Waals surface area (Å²) >= 11 is 0. The minimum absolute atomic E-state index is 0.152. The molecule has 26 heavy (non-hydrogen) atoms. The SMILES string of the molecule is CC1(N)C=C(C(C)(C)C)CC(c2cc(C(C)(C)C)cc(C(C)(C)C)c2)C1. The molecule has 2 unspecified atom stereocenters. The zero-order valence-corrected chi connectivity index (χ0v) is 18.9. The lowest BCUT2D eigenvalue weighted by Crippen LogP contribution is -2.40. The second kappa shape index (κ2) is 6.51. The highest BCUT2D eigenvalue weighted by Gasteiger charge is 2.34. The lowest BCUT2D eigenvalue weighted by atomic mass is 9.68. The molecular weight excluding hydrogens is 314 g/mol. The third kappa shape index (κ3) is 5.00. The highest BCUT2D eigenvalue weighted by molar-refractivity contribution is 5.41. The van der Waals surface area contributed by atoms with E-state index in [0.29, 0.717) is 5.92 Å². The van der Waals surface area contributed by atoms with Crippen molar-refractivity contribution in [1.82, 2.24) is 0 Å². The van der Waals surface area contributed by atoms with Crippen LogP contribution < -0.4 is 5.73 Å². The van der Waals surface area contributed by atoms with Crippen molar-refractivity contribution < 1.29 is 0 Å². The molecule has 1 nitrogen and oxygen atoms in total. The molecule has 0 bridgehead atoms. The number of hydrogen-bond donors (Lipinski definition) is 1. The summed E-state index contributed by atoms with van der Waals surface area (Å²) in [7, 11) is 0. The van der Waals surface area contributed by atoms with Crippen LogP contribution in [0.2, 0.25) is 0 Å². The topological polar surface area (TPSA) is 26.0 Å². The number of allylic oxidation sites excluding steroid dienone is 1. The zero-order valence-electron chi connectivity index (χ0n) is 18.9. The van der Waals surface area contributed by atoms with E-state index < -0.39 is 0 Å². The fraction of sp³-hybridized carbons (Fsp3) is 0.680. The second-order valence-corrected chi connectivity index (χ2v) is 11.9. The van der Waals surface area contributed by atoms with E-state index in [2.05, 4.69) is 93.5 Å². The average Bonchev–Trinajstić information content (AvgIpc) is 2.42. The molecule has 1 aromatic rings. The highest BCUT2D eigenvalue weighted by Crippen LogP contribution is 2.44. The quantitative estimate of drug-likeness (QED) is 0.548. The lowest BCUT2D eigenvalue weighted by Gasteiger charge is -2.39. The van der Waals surface area contributed by atoms with Crippen molar-refractivity contribution in [3.8, 4) is 0 Å². The molecule has 0 aromatic heterocycles. The van der Waals surface area contributed by atoms with Crippen LogP contribution in [0.4, 0.5) is 0 Å². The average molecular weight is 356 g/mol. The van der Waals surface area contributed by atoms with E-state index in [9.17, 15) is 0 Å². The molecule has 2 rings (SSSR count). The predicted octanol–water partition coefficient (Wildman–Crippen LogP) is 6.85. The summed E-state index contributed by atoms with van der Waals surface area (Å²) in [6.45, 7) is 23.0. The number of hydrogen-bond acceptors (Lipinski definition) is 1. The Balaban J connectivity index is 2.56. The minimum atomic E-state index is -0.231. The van der Waals surface area contributed by atoms with E-state index in [1.807, 2.05) is 0 Å². The molecule has 0 fully saturated rings. The Morgan fingerprint density at radius 2 is 1.27 bits per heavy atom. The molecule has 146 valence electrons. The number of benzene rings is 1. The fourth-order valence-electron chi connectivity index (χ4n) is 3.90. The monoisotopic (exact) mass is 355 g/mol. The first kappa shape index (κ1) is 21.2. The Hall–Kier alpha value is -1.08. The smallest absolute Gasteiger partial charge is 0.0319 e. The van der Waals surface area contributed by atoms with Crippen molar-refractivity contribution in [2.75, 3.05) is 0 Å². The van der Waals surface area contributed by atoms with Gasteiger partial charge in [0.1, 0.15) is 0 Å². The van der Waals surface area contributed by atoms with Crippen molar-refractivity contribution in [3.05, 3.63) is 46.5 Å². The summed E-state index contributed by atoms with van der Waals surface area (Å²) in [6.07, 6.45) is 4.47. The Morgan fingerprint density at radius 3 is 1.65 bits per heavy atom. The van der Waals surface area contributed by atoms with Gasteiger partial charge in [0.2, 0.25) is 0 Å². The van der Waals surface area contributed by atoms with Gasteiger partial charge in [0.25, 0.3) is 0 Å². The van der Waals surface area contributed by atoms with E-state index in [4.69, 9.17) is 5.73 Å². The summed E-state index contributed by atoms with van der Waals surface area (Å²) in [4.78, 5) is 0. The maximum absolute atomic E-state index is 6.66. The maximum Gasteiger partial charge on any atom is 0.0319 e. The van der Waals surface area contributed by atoms with Gasteiger partial charge in [-0.1, -0.05) is 92.2 Å². The molecule has 1 aliphatic carbocycles. The first-order valence-corrected chi connectivity index (χ1v) is 10.2. The molecule has 1 aromatic carbocycles. The molecule has 0 amide bonds. The van der Waals surface area contributed by atoms with Crippen molar-refractivity contribution in [2.24, 2.45) is 11.1 Å². The first-order valence-electron chi connectivity index (χ1n) is 10.2. The van der Waals surface area contributed by atoms with Crippen LogP contribution in [0.5, 0.6) is 0 Å². The Bertz CT molecular complexity index is 652. The van der Waals surface area contributed by atoms with Gasteiger partial charge in [-0.15, -0.1) is 0 Å². The van der Waals surface area contributed by atoms with Crippen molar-refractivity contribution >= 4 is 0 Å². The van der Waals surface area contributed by atoms with E-state index in [-0.39, 0.29) is 21.8 Å². The Labute approximate surface area is 162 Å². The van der Waals surface area contributed by atoms with E-state index in [0.717, 1.165) is 12.8 Å². The summed E-state index contributed by atoms with van der Waals surface area (Å²) in [6, 6.07) is 7.30. The molecule has 2 atom stereocenters. The third-order valence-electron chi connectivity index (χ3n) is 5.78. The van der Waals surface area contributed by atoms with Gasteiger partial charge in [0.05, 0.1) is 0 Å². The summed E-state index contributed by atoms with van der Waals surface area (Å²) in [5, 5.41) is 0. The van der Waals surface area contributed by atoms with Gasteiger partial charge in [0, 0.05) is 5.54 Å². The van der Waals surface area contributed by atoms with Gasteiger partial charge in [-0.3, -0.25) is 0 Å². The van der Waals surface area contributed by atoms with Crippen LogP contribution in [0, 0.1) is 5.41 Å². The molecule has 0 heterocycles. The second-order valence-electron chi connectivity index (χ2n) is 11.9. The molecule has 0 spiro atoms. The molecule has 0 saturated heterocycles. The maximum atomic E-state index is 6.66. The van der Waals surface area contributed by atoms with Crippen molar-refractivity contribution in [2.45, 2.75) is 104 Å². The van der Waals surface area contributed by atoms with Crippen LogP contribution in [0.15, 0.2) is 29.8 Å². The van der Waals surface area contributed by atoms with Gasteiger partial charge in [-0.05, 0) is 58.6 Å². The molecule has 1 aliphatic rings. The normalized spacial score (nSPS) is 25.2. The molecule has 0 aliphatic heterocycles. The van der Waals surface area contributed by atoms with Crippen molar-refractivity contribution in [3.63, 3.8) is 0 Å². The van der Waals surface area contributed by atoms with Gasteiger partial charge in [0.15, 0.2) is 0 Å². The summed E-state index contributed by atoms with van der Waals surface area (Å²) < 4.78 is 0. The van der Waals surface area contributed by atoms with Gasteiger partial charge < -0.3 is 5.73 Å². The van der Waals surface area contributed by atoms with E-state index in [1.54, 1.807) is 0 Å². The highest BCUT2D eigenvalue weighted by atomic mass is 14.7. The Kier molecular flexibility index (Phi) is 5.32. The standard InChI is InChI=1S/C25H41N/c1-22(2,3)19-11-17(12-20(14-19)23(4,5)6)18-13-21(24(7,8)9)16-25(10,26)15-18/h11-12,14,16,18H,13,15,26H2,1-10H3. The van der Waals surface area contributed by atoms with Gasteiger partial charge in [-0.25, -0.2) is 0 Å². The van der Waals surface area contributed by atoms with Crippen LogP contribution in [0.1, 0.15) is 105 Å². The first-order chi connectivity index (χ1) is 11.5. The van der Waals surface area contributed by atoms with Crippen molar-refractivity contribution in [1.29, 1.82) is 0 Å². The fourth-order valence-corrected chi connectivity index (χ4v) is 3.90. The predicted molar refractivity (Wildman–Crippen MR) is 116 cm³/mol. The van der Waals surface area contributed by atoms with Crippen LogP contribution >= 0.6 is 0 Å². The molecular formula is C25H41N. The number of rotatable bonds is 1. The summed E-state index contributed by atoms with van der Waals surface area (Å²) in [5.41, 5.74) is 12.7. The minimum Gasteiger partial charge on any atom is -0.322 e. The lowest BCUT2D eigenvalue weighted by molar-refractivity contribution is 0.377. The van der Waals surface area contributed by atoms with Gasteiger partial charge >= 0.3 is 0 Å². The van der Waals surface area contributed by atoms with Crippen LogP contribution in [0.3, 0.4) is 0 Å². The Morgan fingerprint density at radius 1 is 0.808 bits per heavy atom. The molecule has 0 radical (unpaired) electrons. The van der Waals surface area contributed by atoms with E-state index in [1.165, 1.54) is 22.3 Å². The van der Waals surface area contributed by atoms with Crippen LogP contribution in [-0.4, -0.2) is 5.54 Å². The van der Waals surface area contributed by atoms with E-state index >= 15 is 0 Å². The van der Waals surface area contributed by atoms with Gasteiger partial charge in [-0.2, -0.15) is 0 Å².